The van der Waals surface area contributed by atoms with Crippen molar-refractivity contribution >= 4 is 11.7 Å². The van der Waals surface area contributed by atoms with Crippen LogP contribution in [-0.4, -0.2) is 53.7 Å². The Kier molecular flexibility index (Phi) is 5.39. The van der Waals surface area contributed by atoms with E-state index in [1.54, 1.807) is 6.20 Å². The maximum Gasteiger partial charge on any atom is 0.254 e. The highest BCUT2D eigenvalue weighted by atomic mass is 16.3. The first-order valence-electron chi connectivity index (χ1n) is 9.28. The Labute approximate surface area is 144 Å². The fraction of sp³-hybridized carbons (Fsp3) is 0.684. The molecule has 1 N–H and O–H groups in total. The van der Waals surface area contributed by atoms with Crippen LogP contribution < -0.4 is 4.90 Å². The number of amides is 1. The molecule has 5 nitrogen and oxygen atoms in total. The number of carbonyl (C=O) groups is 1. The van der Waals surface area contributed by atoms with Gasteiger partial charge in [0.1, 0.15) is 5.82 Å². The summed E-state index contributed by atoms with van der Waals surface area (Å²) in [6.07, 6.45) is 8.19. The first kappa shape index (κ1) is 17.2. The number of aromatic nitrogens is 1. The second-order valence-electron chi connectivity index (χ2n) is 7.34. The Morgan fingerprint density at radius 1 is 1.29 bits per heavy atom. The van der Waals surface area contributed by atoms with Gasteiger partial charge in [0.25, 0.3) is 5.91 Å². The summed E-state index contributed by atoms with van der Waals surface area (Å²) in [5, 5.41) is 9.92. The molecule has 0 bridgehead atoms. The smallest absolute Gasteiger partial charge is 0.254 e. The topological polar surface area (TPSA) is 56.7 Å². The fourth-order valence-electron chi connectivity index (χ4n) is 4.17. The summed E-state index contributed by atoms with van der Waals surface area (Å²) in [4.78, 5) is 21.3. The molecule has 1 aromatic heterocycles. The minimum atomic E-state index is -0.0242. The molecule has 1 atom stereocenters. The van der Waals surface area contributed by atoms with Crippen molar-refractivity contribution in [2.75, 3.05) is 37.7 Å². The molecule has 3 rings (SSSR count). The molecule has 1 aromatic rings. The van der Waals surface area contributed by atoms with Crippen LogP contribution in [0.25, 0.3) is 0 Å². The predicted molar refractivity (Wildman–Crippen MR) is 95.2 cm³/mol. The third-order valence-corrected chi connectivity index (χ3v) is 5.49. The summed E-state index contributed by atoms with van der Waals surface area (Å²) >= 11 is 0. The van der Waals surface area contributed by atoms with Gasteiger partial charge in [-0.25, -0.2) is 4.98 Å². The lowest BCUT2D eigenvalue weighted by Gasteiger charge is -2.42. The lowest BCUT2D eigenvalue weighted by atomic mass is 9.77. The molecule has 5 heteroatoms. The van der Waals surface area contributed by atoms with Gasteiger partial charge in [-0.15, -0.1) is 0 Å². The van der Waals surface area contributed by atoms with Crippen LogP contribution in [-0.2, 0) is 0 Å². The largest absolute Gasteiger partial charge is 0.396 e. The van der Waals surface area contributed by atoms with E-state index in [4.69, 9.17) is 0 Å². The molecule has 2 aliphatic heterocycles. The summed E-state index contributed by atoms with van der Waals surface area (Å²) < 4.78 is 0. The minimum Gasteiger partial charge on any atom is -0.396 e. The molecule has 2 fully saturated rings. The van der Waals surface area contributed by atoms with E-state index < -0.39 is 0 Å². The second kappa shape index (κ2) is 7.51. The molecule has 0 aliphatic carbocycles. The number of hydrogen-bond donors (Lipinski definition) is 1. The monoisotopic (exact) mass is 331 g/mol. The van der Waals surface area contributed by atoms with Gasteiger partial charge in [0, 0.05) is 43.4 Å². The summed E-state index contributed by atoms with van der Waals surface area (Å²) in [6, 6.07) is 3.75. The Hall–Kier alpha value is -1.62. The zero-order valence-electron chi connectivity index (χ0n) is 14.7. The van der Waals surface area contributed by atoms with Crippen molar-refractivity contribution in [3.05, 3.63) is 23.9 Å². The van der Waals surface area contributed by atoms with Gasteiger partial charge in [-0.05, 0) is 44.2 Å². The van der Waals surface area contributed by atoms with Gasteiger partial charge >= 0.3 is 0 Å². The maximum absolute atomic E-state index is 12.6. The molecule has 2 saturated heterocycles. The van der Waals surface area contributed by atoms with Crippen molar-refractivity contribution in [3.63, 3.8) is 0 Å². The number of likely N-dealkylation sites (tertiary alicyclic amines) is 1. The molecule has 132 valence electrons. The molecule has 0 spiro atoms. The molecule has 3 heterocycles. The van der Waals surface area contributed by atoms with E-state index in [-0.39, 0.29) is 17.9 Å². The van der Waals surface area contributed by atoms with E-state index >= 15 is 0 Å². The highest BCUT2D eigenvalue weighted by molar-refractivity contribution is 5.95. The maximum atomic E-state index is 12.6. The van der Waals surface area contributed by atoms with E-state index in [0.29, 0.717) is 0 Å². The average molecular weight is 331 g/mol. The number of anilines is 1. The molecular formula is C19H29N3O2. The van der Waals surface area contributed by atoms with Gasteiger partial charge < -0.3 is 14.9 Å². The summed E-state index contributed by atoms with van der Waals surface area (Å²) in [6.45, 7) is 5.90. The summed E-state index contributed by atoms with van der Waals surface area (Å²) in [7, 11) is 0. The van der Waals surface area contributed by atoms with Crippen molar-refractivity contribution in [2.24, 2.45) is 5.41 Å². The number of nitrogens with zero attached hydrogens (tertiary/aromatic N) is 3. The molecule has 1 amide bonds. The average Bonchev–Trinajstić information content (AvgIpc) is 3.16. The highest BCUT2D eigenvalue weighted by Gasteiger charge is 2.34. The van der Waals surface area contributed by atoms with Crippen LogP contribution in [0.5, 0.6) is 0 Å². The predicted octanol–water partition coefficient (Wildman–Crippen LogP) is 2.70. The van der Waals surface area contributed by atoms with Crippen LogP contribution in [0.4, 0.5) is 5.82 Å². The van der Waals surface area contributed by atoms with Crippen LogP contribution in [0.2, 0.25) is 0 Å². The number of carbonyl (C=O) groups excluding carboxylic acids is 1. The zero-order valence-corrected chi connectivity index (χ0v) is 14.7. The normalized spacial score (nSPS) is 24.4. The molecule has 0 unspecified atom stereocenters. The number of hydrogen-bond acceptors (Lipinski definition) is 4. The van der Waals surface area contributed by atoms with E-state index in [1.165, 1.54) is 0 Å². The second-order valence-corrected chi connectivity index (χ2v) is 7.34. The minimum absolute atomic E-state index is 0.0242. The Morgan fingerprint density at radius 3 is 2.79 bits per heavy atom. The molecule has 0 saturated carbocycles. The molecule has 2 aliphatic rings. The van der Waals surface area contributed by atoms with Crippen molar-refractivity contribution in [3.8, 4) is 0 Å². The van der Waals surface area contributed by atoms with Crippen LogP contribution in [0.1, 0.15) is 55.8 Å². The van der Waals surface area contributed by atoms with Gasteiger partial charge in [-0.2, -0.15) is 0 Å². The summed E-state index contributed by atoms with van der Waals surface area (Å²) in [5.41, 5.74) is 0.710. The number of piperidine rings is 1. The number of aliphatic hydroxyl groups is 1. The quantitative estimate of drug-likeness (QED) is 0.901. The standard InChI is InChI=1S/C19H29N3O2/c1-2-7-19(15-23)8-5-12-22(14-19)17-13-16(6-9-20-17)18(24)21-10-3-4-11-21/h6,9,13,23H,2-5,7-8,10-12,14-15H2,1H3/t19-/m0/s1. The van der Waals surface area contributed by atoms with E-state index in [1.807, 2.05) is 17.0 Å². The lowest BCUT2D eigenvalue weighted by molar-refractivity contribution is 0.0792. The third-order valence-electron chi connectivity index (χ3n) is 5.49. The number of aliphatic hydroxyl groups excluding tert-OH is 1. The van der Waals surface area contributed by atoms with E-state index in [0.717, 1.165) is 76.1 Å². The van der Waals surface area contributed by atoms with Crippen molar-refractivity contribution in [1.29, 1.82) is 0 Å². The number of rotatable bonds is 5. The van der Waals surface area contributed by atoms with Gasteiger partial charge in [0.15, 0.2) is 0 Å². The van der Waals surface area contributed by atoms with Crippen molar-refractivity contribution in [2.45, 2.75) is 45.4 Å². The molecule has 0 aromatic carbocycles. The van der Waals surface area contributed by atoms with Crippen LogP contribution in [0, 0.1) is 5.41 Å². The zero-order chi connectivity index (χ0) is 17.0. The lowest BCUT2D eigenvalue weighted by Crippen LogP contribution is -2.45. The third kappa shape index (κ3) is 3.56. The molecular weight excluding hydrogens is 302 g/mol. The molecule has 24 heavy (non-hydrogen) atoms. The van der Waals surface area contributed by atoms with Crippen molar-refractivity contribution in [1.82, 2.24) is 9.88 Å². The first-order chi connectivity index (χ1) is 11.7. The Bertz CT molecular complexity index is 567. The van der Waals surface area contributed by atoms with Crippen LogP contribution in [0.3, 0.4) is 0 Å². The van der Waals surface area contributed by atoms with Crippen LogP contribution >= 0.6 is 0 Å². The van der Waals surface area contributed by atoms with Gasteiger partial charge in [0.2, 0.25) is 0 Å². The highest BCUT2D eigenvalue weighted by Crippen LogP contribution is 2.35. The Morgan fingerprint density at radius 2 is 2.08 bits per heavy atom. The first-order valence-corrected chi connectivity index (χ1v) is 9.28. The molecule has 0 radical (unpaired) electrons. The summed E-state index contributed by atoms with van der Waals surface area (Å²) in [5.74, 6) is 0.990. The van der Waals surface area contributed by atoms with Gasteiger partial charge in [-0.3, -0.25) is 4.79 Å². The van der Waals surface area contributed by atoms with Crippen LogP contribution in [0.15, 0.2) is 18.3 Å². The van der Waals surface area contributed by atoms with E-state index in [9.17, 15) is 9.90 Å². The van der Waals surface area contributed by atoms with Crippen molar-refractivity contribution < 1.29 is 9.90 Å². The number of pyridine rings is 1. The van der Waals surface area contributed by atoms with Gasteiger partial charge in [-0.1, -0.05) is 13.3 Å². The Balaban J connectivity index is 1.76. The SMILES string of the molecule is CCC[C@]1(CO)CCCN(c2cc(C(=O)N3CCCC3)ccn2)C1. The van der Waals surface area contributed by atoms with Gasteiger partial charge in [0.05, 0.1) is 6.61 Å². The van der Waals surface area contributed by atoms with E-state index in [2.05, 4.69) is 16.8 Å². The fourth-order valence-corrected chi connectivity index (χ4v) is 4.17.